The van der Waals surface area contributed by atoms with Gasteiger partial charge in [0, 0.05) is 12.6 Å². The third-order valence-corrected chi connectivity index (χ3v) is 4.72. The molecule has 2 heteroatoms. The molecule has 1 unspecified atom stereocenters. The van der Waals surface area contributed by atoms with Crippen LogP contribution < -0.4 is 5.32 Å². The van der Waals surface area contributed by atoms with Crippen molar-refractivity contribution in [3.8, 4) is 0 Å². The van der Waals surface area contributed by atoms with E-state index in [2.05, 4.69) is 39.9 Å². The van der Waals surface area contributed by atoms with Gasteiger partial charge in [-0.15, -0.1) is 0 Å². The van der Waals surface area contributed by atoms with Crippen molar-refractivity contribution in [1.29, 1.82) is 0 Å². The highest BCUT2D eigenvalue weighted by Gasteiger charge is 2.32. The Hall–Kier alpha value is -0.0800. The van der Waals surface area contributed by atoms with Crippen molar-refractivity contribution < 1.29 is 4.74 Å². The predicted molar refractivity (Wildman–Crippen MR) is 83.5 cm³/mol. The van der Waals surface area contributed by atoms with E-state index in [1.54, 1.807) is 0 Å². The van der Waals surface area contributed by atoms with Crippen LogP contribution in [0, 0.1) is 17.3 Å². The Morgan fingerprint density at radius 2 is 1.74 bits per heavy atom. The molecule has 114 valence electrons. The van der Waals surface area contributed by atoms with E-state index in [4.69, 9.17) is 4.74 Å². The molecule has 1 rings (SSSR count). The molecular formula is C17H35NO. The zero-order chi connectivity index (χ0) is 14.3. The topological polar surface area (TPSA) is 21.3 Å². The van der Waals surface area contributed by atoms with Crippen LogP contribution >= 0.6 is 0 Å². The predicted octanol–water partition coefficient (Wildman–Crippen LogP) is 4.24. The molecule has 1 N–H and O–H groups in total. The first-order valence-corrected chi connectivity index (χ1v) is 8.30. The van der Waals surface area contributed by atoms with Crippen LogP contribution in [0.2, 0.25) is 0 Å². The van der Waals surface area contributed by atoms with Crippen molar-refractivity contribution in [2.24, 2.45) is 17.3 Å². The van der Waals surface area contributed by atoms with Crippen molar-refractivity contribution in [3.63, 3.8) is 0 Å². The quantitative estimate of drug-likeness (QED) is 0.746. The fraction of sp³-hybridized carbons (Fsp3) is 1.00. The average Bonchev–Trinajstić information content (AvgIpc) is 2.38. The van der Waals surface area contributed by atoms with Gasteiger partial charge >= 0.3 is 0 Å². The van der Waals surface area contributed by atoms with E-state index in [9.17, 15) is 0 Å². The van der Waals surface area contributed by atoms with Crippen molar-refractivity contribution >= 4 is 0 Å². The summed E-state index contributed by atoms with van der Waals surface area (Å²) >= 11 is 0. The van der Waals surface area contributed by atoms with E-state index in [-0.39, 0.29) is 0 Å². The molecule has 1 atom stereocenters. The van der Waals surface area contributed by atoms with Crippen LogP contribution in [0.1, 0.15) is 66.7 Å². The highest BCUT2D eigenvalue weighted by Crippen LogP contribution is 2.40. The largest absolute Gasteiger partial charge is 0.380 e. The van der Waals surface area contributed by atoms with Gasteiger partial charge in [-0.2, -0.15) is 0 Å². The van der Waals surface area contributed by atoms with Gasteiger partial charge in [0.25, 0.3) is 0 Å². The maximum Gasteiger partial charge on any atom is 0.0622 e. The second-order valence-electron chi connectivity index (χ2n) is 7.20. The summed E-state index contributed by atoms with van der Waals surface area (Å²) in [5.74, 6) is 1.72. The number of rotatable bonds is 7. The lowest BCUT2D eigenvalue weighted by atomic mass is 9.68. The Labute approximate surface area is 120 Å². The highest BCUT2D eigenvalue weighted by atomic mass is 16.5. The Kier molecular flexibility index (Phi) is 7.38. The van der Waals surface area contributed by atoms with E-state index in [1.165, 1.54) is 32.1 Å². The summed E-state index contributed by atoms with van der Waals surface area (Å²) < 4.78 is 5.68. The molecule has 0 saturated heterocycles. The molecule has 0 aromatic rings. The molecule has 1 aliphatic carbocycles. The van der Waals surface area contributed by atoms with Gasteiger partial charge in [0.05, 0.1) is 6.61 Å². The van der Waals surface area contributed by atoms with Gasteiger partial charge in [-0.05, 0) is 62.8 Å². The molecule has 0 bridgehead atoms. The molecule has 0 aliphatic heterocycles. The number of hydrogen-bond acceptors (Lipinski definition) is 2. The molecule has 0 amide bonds. The molecule has 0 spiro atoms. The lowest BCUT2D eigenvalue weighted by molar-refractivity contribution is 0.0737. The smallest absolute Gasteiger partial charge is 0.0622 e. The molecule has 0 radical (unpaired) electrons. The average molecular weight is 269 g/mol. The lowest BCUT2D eigenvalue weighted by Gasteiger charge is -2.39. The zero-order valence-electron chi connectivity index (χ0n) is 13.8. The van der Waals surface area contributed by atoms with Crippen LogP contribution in [0.5, 0.6) is 0 Å². The van der Waals surface area contributed by atoms with Crippen LogP contribution in [0.25, 0.3) is 0 Å². The van der Waals surface area contributed by atoms with Gasteiger partial charge in [-0.25, -0.2) is 0 Å². The fourth-order valence-corrected chi connectivity index (χ4v) is 3.32. The van der Waals surface area contributed by atoms with Crippen molar-refractivity contribution in [2.75, 3.05) is 19.8 Å². The van der Waals surface area contributed by atoms with Gasteiger partial charge in [-0.3, -0.25) is 0 Å². The maximum atomic E-state index is 5.68. The Balaban J connectivity index is 2.44. The van der Waals surface area contributed by atoms with Crippen molar-refractivity contribution in [2.45, 2.75) is 72.8 Å². The first-order chi connectivity index (χ1) is 8.99. The van der Waals surface area contributed by atoms with E-state index in [0.29, 0.717) is 11.5 Å². The van der Waals surface area contributed by atoms with E-state index in [0.717, 1.165) is 31.6 Å². The van der Waals surface area contributed by atoms with Gasteiger partial charge < -0.3 is 10.1 Å². The highest BCUT2D eigenvalue weighted by molar-refractivity contribution is 4.85. The fourth-order valence-electron chi connectivity index (χ4n) is 3.32. The minimum Gasteiger partial charge on any atom is -0.380 e. The van der Waals surface area contributed by atoms with Crippen LogP contribution in [0.4, 0.5) is 0 Å². The van der Waals surface area contributed by atoms with Gasteiger partial charge in [0.1, 0.15) is 0 Å². The summed E-state index contributed by atoms with van der Waals surface area (Å²) in [6.45, 7) is 14.4. The summed E-state index contributed by atoms with van der Waals surface area (Å²) in [5.41, 5.74) is 0.483. The second-order valence-corrected chi connectivity index (χ2v) is 7.20. The molecule has 1 aliphatic rings. The number of hydrogen-bond donors (Lipinski definition) is 1. The molecule has 2 nitrogen and oxygen atoms in total. The van der Waals surface area contributed by atoms with Crippen LogP contribution in [-0.2, 0) is 4.74 Å². The molecule has 1 saturated carbocycles. The van der Waals surface area contributed by atoms with Crippen LogP contribution in [0.15, 0.2) is 0 Å². The normalized spacial score (nSPS) is 26.4. The molecule has 0 heterocycles. The molecule has 0 aromatic heterocycles. The molecule has 1 fully saturated rings. The lowest BCUT2D eigenvalue weighted by Crippen LogP contribution is -2.42. The molecular weight excluding hydrogens is 234 g/mol. The Morgan fingerprint density at radius 1 is 1.11 bits per heavy atom. The Bertz CT molecular complexity index is 218. The summed E-state index contributed by atoms with van der Waals surface area (Å²) in [6.07, 6.45) is 6.74. The van der Waals surface area contributed by atoms with E-state index >= 15 is 0 Å². The molecule has 0 aromatic carbocycles. The summed E-state index contributed by atoms with van der Waals surface area (Å²) in [6, 6.07) is 0.570. The van der Waals surface area contributed by atoms with Crippen molar-refractivity contribution in [1.82, 2.24) is 5.32 Å². The van der Waals surface area contributed by atoms with Gasteiger partial charge in [0.2, 0.25) is 0 Å². The van der Waals surface area contributed by atoms with E-state index in [1.807, 2.05) is 0 Å². The monoisotopic (exact) mass is 269 g/mol. The third-order valence-electron chi connectivity index (χ3n) is 4.72. The maximum absolute atomic E-state index is 5.68. The third kappa shape index (κ3) is 5.83. The van der Waals surface area contributed by atoms with Crippen LogP contribution in [0.3, 0.4) is 0 Å². The zero-order valence-corrected chi connectivity index (χ0v) is 13.8. The first-order valence-electron chi connectivity index (χ1n) is 8.30. The second kappa shape index (κ2) is 8.26. The number of nitrogens with one attached hydrogen (secondary N) is 1. The first kappa shape index (κ1) is 17.0. The van der Waals surface area contributed by atoms with Gasteiger partial charge in [0.15, 0.2) is 0 Å². The number of ether oxygens (including phenoxy) is 1. The summed E-state index contributed by atoms with van der Waals surface area (Å²) in [4.78, 5) is 0. The molecule has 19 heavy (non-hydrogen) atoms. The summed E-state index contributed by atoms with van der Waals surface area (Å²) in [5, 5.41) is 3.70. The van der Waals surface area contributed by atoms with Crippen LogP contribution in [-0.4, -0.2) is 25.8 Å². The van der Waals surface area contributed by atoms with Gasteiger partial charge in [-0.1, -0.05) is 27.7 Å². The van der Waals surface area contributed by atoms with Crippen molar-refractivity contribution in [3.05, 3.63) is 0 Å². The summed E-state index contributed by atoms with van der Waals surface area (Å²) in [7, 11) is 0. The minimum absolute atomic E-state index is 0.483. The Morgan fingerprint density at radius 3 is 2.21 bits per heavy atom. The van der Waals surface area contributed by atoms with E-state index < -0.39 is 0 Å². The standard InChI is InChI=1S/C17H35NO/c1-6-12-18-16(13-19-7-2)14-8-10-15(11-9-14)17(3,4)5/h14-16,18H,6-13H2,1-5H3. The SMILES string of the molecule is CCCNC(COCC)C1CCC(C(C)(C)C)CC1. The minimum atomic E-state index is 0.483.